The summed E-state index contributed by atoms with van der Waals surface area (Å²) < 4.78 is 10.6. The van der Waals surface area contributed by atoms with E-state index < -0.39 is 12.0 Å². The maximum atomic E-state index is 11.1. The molecule has 7 heteroatoms. The highest BCUT2D eigenvalue weighted by Gasteiger charge is 2.34. The first kappa shape index (κ1) is 15.1. The average Bonchev–Trinajstić information content (AvgIpc) is 2.55. The van der Waals surface area contributed by atoms with Gasteiger partial charge in [-0.2, -0.15) is 0 Å². The predicted molar refractivity (Wildman–Crippen MR) is 86.0 cm³/mol. The van der Waals surface area contributed by atoms with E-state index in [9.17, 15) is 4.79 Å². The van der Waals surface area contributed by atoms with Crippen LogP contribution >= 0.6 is 11.8 Å². The van der Waals surface area contributed by atoms with Crippen LogP contribution in [0.15, 0.2) is 34.3 Å². The topological polar surface area (TPSA) is 80.5 Å². The fourth-order valence-corrected chi connectivity index (χ4v) is 3.59. The number of rotatable bonds is 3. The van der Waals surface area contributed by atoms with Crippen LogP contribution in [0.5, 0.6) is 5.75 Å². The number of carboxylic acid groups (broad SMARTS) is 1. The lowest BCUT2D eigenvalue weighted by Gasteiger charge is -2.30. The molecule has 1 aromatic rings. The Morgan fingerprint density at radius 1 is 1.41 bits per heavy atom. The van der Waals surface area contributed by atoms with Gasteiger partial charge in [0.15, 0.2) is 6.04 Å². The van der Waals surface area contributed by atoms with Gasteiger partial charge in [-0.25, -0.2) is 4.79 Å². The summed E-state index contributed by atoms with van der Waals surface area (Å²) in [5.74, 6) is 0.352. The van der Waals surface area contributed by atoms with Gasteiger partial charge in [0.05, 0.1) is 42.7 Å². The maximum Gasteiger partial charge on any atom is 0.329 e. The van der Waals surface area contributed by atoms with Crippen LogP contribution in [0.1, 0.15) is 0 Å². The highest BCUT2D eigenvalue weighted by molar-refractivity contribution is 8.01. The first-order chi connectivity index (χ1) is 10.7. The normalized spacial score (nSPS) is 26.2. The molecule has 2 unspecified atom stereocenters. The summed E-state index contributed by atoms with van der Waals surface area (Å²) >= 11 is 1.57. The molecule has 2 aliphatic rings. The van der Waals surface area contributed by atoms with Crippen molar-refractivity contribution in [2.75, 3.05) is 26.1 Å². The summed E-state index contributed by atoms with van der Waals surface area (Å²) in [7, 11) is 1.62. The molecule has 1 N–H and O–H groups in total. The van der Waals surface area contributed by atoms with Gasteiger partial charge in [0.1, 0.15) is 5.75 Å². The van der Waals surface area contributed by atoms with Crippen molar-refractivity contribution >= 4 is 34.8 Å². The van der Waals surface area contributed by atoms with Crippen molar-refractivity contribution in [2.24, 2.45) is 9.98 Å². The molecule has 2 aliphatic heterocycles. The number of ether oxygens (including phenoxy) is 2. The van der Waals surface area contributed by atoms with Crippen molar-refractivity contribution < 1.29 is 19.4 Å². The van der Waals surface area contributed by atoms with Crippen LogP contribution < -0.4 is 4.74 Å². The van der Waals surface area contributed by atoms with Crippen LogP contribution in [-0.4, -0.2) is 59.9 Å². The Balaban J connectivity index is 1.83. The quantitative estimate of drug-likeness (QED) is 0.918. The lowest BCUT2D eigenvalue weighted by molar-refractivity contribution is -0.137. The zero-order chi connectivity index (χ0) is 15.5. The number of aliphatic carboxylic acids is 1. The summed E-state index contributed by atoms with van der Waals surface area (Å²) in [6, 6.07) is 6.79. The Labute approximate surface area is 132 Å². The number of aliphatic imine (C=N–C) groups is 2. The van der Waals surface area contributed by atoms with Gasteiger partial charge in [0.25, 0.3) is 0 Å². The summed E-state index contributed by atoms with van der Waals surface area (Å²) in [6.45, 7) is 0.823. The van der Waals surface area contributed by atoms with E-state index >= 15 is 0 Å². The van der Waals surface area contributed by atoms with E-state index in [2.05, 4.69) is 9.98 Å². The first-order valence-electron chi connectivity index (χ1n) is 6.87. The van der Waals surface area contributed by atoms with Gasteiger partial charge in [-0.1, -0.05) is 0 Å². The number of hydrogen-bond donors (Lipinski definition) is 1. The average molecular weight is 320 g/mol. The lowest BCUT2D eigenvalue weighted by Crippen LogP contribution is -2.44. The van der Waals surface area contributed by atoms with E-state index in [0.717, 1.165) is 22.9 Å². The number of carbonyl (C=O) groups is 1. The first-order valence-corrected chi connectivity index (χ1v) is 7.92. The third-order valence-corrected chi connectivity index (χ3v) is 4.86. The molecule has 1 fully saturated rings. The van der Waals surface area contributed by atoms with Crippen LogP contribution in [0.25, 0.3) is 0 Å². The van der Waals surface area contributed by atoms with Gasteiger partial charge < -0.3 is 14.6 Å². The molecular formula is C15H16N2O4S. The van der Waals surface area contributed by atoms with Gasteiger partial charge in [-0.3, -0.25) is 9.98 Å². The molecule has 2 atom stereocenters. The molecule has 0 spiro atoms. The van der Waals surface area contributed by atoms with Crippen molar-refractivity contribution in [3.8, 4) is 5.75 Å². The number of carboxylic acids is 1. The van der Waals surface area contributed by atoms with Crippen molar-refractivity contribution in [2.45, 2.75) is 11.3 Å². The Morgan fingerprint density at radius 3 is 2.86 bits per heavy atom. The molecule has 0 amide bonds. The summed E-state index contributed by atoms with van der Waals surface area (Å²) in [5.41, 5.74) is 2.47. The van der Waals surface area contributed by atoms with Gasteiger partial charge in [0.2, 0.25) is 0 Å². The highest BCUT2D eigenvalue weighted by Crippen LogP contribution is 2.28. The predicted octanol–water partition coefficient (Wildman–Crippen LogP) is 1.81. The van der Waals surface area contributed by atoms with E-state index in [1.165, 1.54) is 0 Å². The van der Waals surface area contributed by atoms with E-state index in [1.807, 2.05) is 24.3 Å². The van der Waals surface area contributed by atoms with Crippen LogP contribution in [0.3, 0.4) is 0 Å². The van der Waals surface area contributed by atoms with Crippen molar-refractivity contribution in [1.29, 1.82) is 0 Å². The third kappa shape index (κ3) is 3.15. The van der Waals surface area contributed by atoms with Crippen LogP contribution in [0.4, 0.5) is 5.69 Å². The van der Waals surface area contributed by atoms with Gasteiger partial charge in [0, 0.05) is 5.75 Å². The van der Waals surface area contributed by atoms with Gasteiger partial charge in [-0.15, -0.1) is 11.8 Å². The third-order valence-electron chi connectivity index (χ3n) is 3.48. The summed E-state index contributed by atoms with van der Waals surface area (Å²) in [4.78, 5) is 20.0. The molecule has 116 valence electrons. The molecular weight excluding hydrogens is 304 g/mol. The zero-order valence-electron chi connectivity index (χ0n) is 12.1. The maximum absolute atomic E-state index is 11.1. The second-order valence-corrected chi connectivity index (χ2v) is 6.12. The molecule has 0 aliphatic carbocycles. The van der Waals surface area contributed by atoms with Gasteiger partial charge in [-0.05, 0) is 24.3 Å². The standard InChI is InChI=1S/C15H16N2O4S/c1-20-10-4-2-9(3-5-10)16-11-6-21-7-12-14(11)22-8-13(17-12)15(18)19/h2-5,13-14H,6-8H2,1H3,(H,18,19). The van der Waals surface area contributed by atoms with Crippen molar-refractivity contribution in [3.05, 3.63) is 24.3 Å². The fraction of sp³-hybridized carbons (Fsp3) is 0.400. The molecule has 0 radical (unpaired) electrons. The molecule has 0 bridgehead atoms. The lowest BCUT2D eigenvalue weighted by atomic mass is 10.1. The highest BCUT2D eigenvalue weighted by atomic mass is 32.2. The second kappa shape index (κ2) is 6.50. The van der Waals surface area contributed by atoms with E-state index in [-0.39, 0.29) is 5.25 Å². The second-order valence-electron chi connectivity index (χ2n) is 4.98. The van der Waals surface area contributed by atoms with Crippen molar-refractivity contribution in [1.82, 2.24) is 0 Å². The SMILES string of the molecule is COc1ccc(N=C2COCC3=NC(C(=O)O)CSC23)cc1. The molecule has 2 heterocycles. The monoisotopic (exact) mass is 320 g/mol. The molecule has 3 rings (SSSR count). The Bertz CT molecular complexity index is 627. The molecule has 1 saturated heterocycles. The summed E-state index contributed by atoms with van der Waals surface area (Å²) in [6.07, 6.45) is 0. The largest absolute Gasteiger partial charge is 0.497 e. The minimum absolute atomic E-state index is 0.0199. The van der Waals surface area contributed by atoms with Crippen molar-refractivity contribution in [3.63, 3.8) is 0 Å². The number of methoxy groups -OCH3 is 1. The number of fused-ring (bicyclic) bond motifs is 1. The molecule has 6 nitrogen and oxygen atoms in total. The Kier molecular flexibility index (Phi) is 4.44. The summed E-state index contributed by atoms with van der Waals surface area (Å²) in [5, 5.41) is 9.10. The smallest absolute Gasteiger partial charge is 0.329 e. The number of nitrogens with zero attached hydrogens (tertiary/aromatic N) is 2. The van der Waals surface area contributed by atoms with E-state index in [0.29, 0.717) is 19.0 Å². The number of hydrogen-bond acceptors (Lipinski definition) is 6. The number of thioether (sulfide) groups is 1. The minimum atomic E-state index is -0.891. The zero-order valence-corrected chi connectivity index (χ0v) is 12.9. The molecule has 1 aromatic carbocycles. The van der Waals surface area contributed by atoms with Crippen LogP contribution in [0.2, 0.25) is 0 Å². The molecule has 22 heavy (non-hydrogen) atoms. The van der Waals surface area contributed by atoms with E-state index in [4.69, 9.17) is 14.6 Å². The minimum Gasteiger partial charge on any atom is -0.497 e. The Hall–Kier alpha value is -1.86. The Morgan fingerprint density at radius 2 is 2.18 bits per heavy atom. The van der Waals surface area contributed by atoms with E-state index in [1.54, 1.807) is 18.9 Å². The molecule has 0 saturated carbocycles. The number of benzene rings is 1. The fourth-order valence-electron chi connectivity index (χ4n) is 2.37. The van der Waals surface area contributed by atoms with Crippen LogP contribution in [-0.2, 0) is 9.53 Å². The van der Waals surface area contributed by atoms with Gasteiger partial charge >= 0.3 is 5.97 Å². The van der Waals surface area contributed by atoms with Crippen LogP contribution in [0, 0.1) is 0 Å². The molecule has 0 aromatic heterocycles.